The largest absolute Gasteiger partial charge is 0.480 e. The highest BCUT2D eigenvalue weighted by Crippen LogP contribution is 2.31. The van der Waals surface area contributed by atoms with Crippen LogP contribution in [0.25, 0.3) is 10.9 Å². The van der Waals surface area contributed by atoms with Crippen molar-refractivity contribution < 1.29 is 22.7 Å². The Balaban J connectivity index is 2.05. The van der Waals surface area contributed by atoms with E-state index in [0.717, 1.165) is 12.1 Å². The fourth-order valence-electron chi connectivity index (χ4n) is 3.00. The van der Waals surface area contributed by atoms with E-state index < -0.39 is 28.4 Å². The van der Waals surface area contributed by atoms with Crippen molar-refractivity contribution in [1.82, 2.24) is 9.29 Å². The van der Waals surface area contributed by atoms with Gasteiger partial charge >= 0.3 is 5.97 Å². The fraction of sp³-hybridized carbons (Fsp3) is 0.167. The zero-order chi connectivity index (χ0) is 20.6. The quantitative estimate of drug-likeness (QED) is 0.601. The minimum Gasteiger partial charge on any atom is -0.480 e. The average Bonchev–Trinajstić information content (AvgIpc) is 2.87. The van der Waals surface area contributed by atoms with E-state index in [1.54, 1.807) is 12.1 Å². The molecule has 2 N–H and O–H groups in total. The second kappa shape index (κ2) is 7.71. The van der Waals surface area contributed by atoms with Crippen molar-refractivity contribution in [3.8, 4) is 0 Å². The molecule has 148 valence electrons. The molecule has 0 aliphatic heterocycles. The molecule has 0 spiro atoms. The average molecular weight is 445 g/mol. The summed E-state index contributed by atoms with van der Waals surface area (Å²) in [4.78, 5) is 11.0. The number of nitrogens with one attached hydrogen (secondary N) is 1. The number of carboxylic acids is 1. The number of fused-ring (bicyclic) bond motifs is 1. The molecule has 0 aliphatic rings. The Hall–Kier alpha value is -2.13. The number of aromatic nitrogens is 1. The molecule has 1 aromatic heterocycles. The van der Waals surface area contributed by atoms with Crippen molar-refractivity contribution >= 4 is 50.1 Å². The van der Waals surface area contributed by atoms with Gasteiger partial charge in [0.25, 0.3) is 0 Å². The van der Waals surface area contributed by atoms with Gasteiger partial charge in [-0.05, 0) is 42.8 Å². The van der Waals surface area contributed by atoms with Crippen molar-refractivity contribution in [1.29, 1.82) is 0 Å². The molecule has 3 rings (SSSR count). The summed E-state index contributed by atoms with van der Waals surface area (Å²) < 4.78 is 43.4. The van der Waals surface area contributed by atoms with Gasteiger partial charge in [0.05, 0.1) is 15.6 Å². The molecule has 10 heteroatoms. The lowest BCUT2D eigenvalue weighted by Crippen LogP contribution is -2.24. The molecule has 0 atom stereocenters. The normalized spacial score (nSPS) is 11.9. The van der Waals surface area contributed by atoms with Crippen LogP contribution in [0.4, 0.5) is 4.39 Å². The summed E-state index contributed by atoms with van der Waals surface area (Å²) in [5.74, 6) is -1.77. The lowest BCUT2D eigenvalue weighted by Gasteiger charge is -2.09. The van der Waals surface area contributed by atoms with E-state index in [-0.39, 0.29) is 27.5 Å². The zero-order valence-electron chi connectivity index (χ0n) is 14.5. The van der Waals surface area contributed by atoms with Crippen molar-refractivity contribution in [3.05, 3.63) is 63.5 Å². The Bertz CT molecular complexity index is 1190. The number of aliphatic carboxylic acids is 1. The van der Waals surface area contributed by atoms with Crippen LogP contribution in [0.3, 0.4) is 0 Å². The first-order valence-corrected chi connectivity index (χ1v) is 10.3. The van der Waals surface area contributed by atoms with Gasteiger partial charge in [-0.25, -0.2) is 17.5 Å². The van der Waals surface area contributed by atoms with E-state index in [2.05, 4.69) is 4.72 Å². The van der Waals surface area contributed by atoms with Crippen LogP contribution in [0.5, 0.6) is 0 Å². The van der Waals surface area contributed by atoms with E-state index in [1.807, 2.05) is 0 Å². The molecule has 0 saturated carbocycles. The number of halogens is 3. The second-order valence-electron chi connectivity index (χ2n) is 6.13. The van der Waals surface area contributed by atoms with Crippen LogP contribution in [-0.4, -0.2) is 24.1 Å². The van der Waals surface area contributed by atoms with Crippen molar-refractivity contribution in [2.75, 3.05) is 0 Å². The molecule has 2 aromatic carbocycles. The minimum absolute atomic E-state index is 0.0699. The number of rotatable bonds is 6. The van der Waals surface area contributed by atoms with Gasteiger partial charge in [0.1, 0.15) is 17.3 Å². The predicted molar refractivity (Wildman–Crippen MR) is 105 cm³/mol. The van der Waals surface area contributed by atoms with Crippen LogP contribution < -0.4 is 4.72 Å². The molecule has 0 aliphatic carbocycles. The summed E-state index contributed by atoms with van der Waals surface area (Å²) >= 11 is 11.8. The van der Waals surface area contributed by atoms with Gasteiger partial charge in [-0.2, -0.15) is 0 Å². The Morgan fingerprint density at radius 3 is 2.54 bits per heavy atom. The monoisotopic (exact) mass is 444 g/mol. The van der Waals surface area contributed by atoms with Gasteiger partial charge < -0.3 is 9.67 Å². The number of hydrogen-bond donors (Lipinski definition) is 2. The first-order chi connectivity index (χ1) is 13.1. The fourth-order valence-corrected chi connectivity index (χ4v) is 4.78. The summed E-state index contributed by atoms with van der Waals surface area (Å²) in [6.07, 6.45) is 0. The van der Waals surface area contributed by atoms with Crippen LogP contribution in [0.2, 0.25) is 10.0 Å². The van der Waals surface area contributed by atoms with Crippen molar-refractivity contribution in [3.63, 3.8) is 0 Å². The van der Waals surface area contributed by atoms with Crippen LogP contribution in [-0.2, 0) is 27.9 Å². The number of benzene rings is 2. The zero-order valence-corrected chi connectivity index (χ0v) is 16.9. The summed E-state index contributed by atoms with van der Waals surface area (Å²) in [6.45, 7) is 0.963. The minimum atomic E-state index is -4.08. The first kappa shape index (κ1) is 20.6. The van der Waals surface area contributed by atoms with Crippen LogP contribution in [0.1, 0.15) is 11.3 Å². The summed E-state index contributed by atoms with van der Waals surface area (Å²) in [6, 6.07) is 8.29. The third-order valence-corrected chi connectivity index (χ3v) is 6.56. The van der Waals surface area contributed by atoms with E-state index in [0.29, 0.717) is 16.1 Å². The molecule has 0 saturated heterocycles. The Labute approximate surface area is 170 Å². The van der Waals surface area contributed by atoms with E-state index in [4.69, 9.17) is 28.3 Å². The Morgan fingerprint density at radius 1 is 1.18 bits per heavy atom. The maximum absolute atomic E-state index is 13.8. The van der Waals surface area contributed by atoms with Gasteiger partial charge in [-0.15, -0.1) is 0 Å². The molecule has 0 amide bonds. The molecule has 3 aromatic rings. The number of nitrogens with zero attached hydrogens (tertiary/aromatic N) is 1. The number of carboxylic acid groups (broad SMARTS) is 1. The molecule has 0 fully saturated rings. The Morgan fingerprint density at radius 2 is 1.89 bits per heavy atom. The number of carbonyl (C=O) groups is 1. The lowest BCUT2D eigenvalue weighted by molar-refractivity contribution is -0.137. The lowest BCUT2D eigenvalue weighted by atomic mass is 10.2. The third-order valence-electron chi connectivity index (χ3n) is 4.24. The standard InChI is InChI=1S/C18H15Cl2FN2O4S/c1-10-18(13-7-12(21)3-5-16(13)23(10)9-17(24)25)28(26,27)22-8-11-2-4-14(19)15(20)6-11/h2-7,22H,8-9H2,1H3,(H,24,25). The van der Waals surface area contributed by atoms with E-state index >= 15 is 0 Å². The molecule has 6 nitrogen and oxygen atoms in total. The summed E-state index contributed by atoms with van der Waals surface area (Å²) in [7, 11) is -4.08. The topological polar surface area (TPSA) is 88.4 Å². The smallest absolute Gasteiger partial charge is 0.323 e. The van der Waals surface area contributed by atoms with Crippen LogP contribution in [0.15, 0.2) is 41.3 Å². The molecule has 1 heterocycles. The van der Waals surface area contributed by atoms with Gasteiger partial charge in [0.15, 0.2) is 0 Å². The summed E-state index contributed by atoms with van der Waals surface area (Å²) in [5, 5.41) is 9.88. The van der Waals surface area contributed by atoms with Gasteiger partial charge in [0.2, 0.25) is 10.0 Å². The van der Waals surface area contributed by atoms with Gasteiger partial charge in [-0.3, -0.25) is 4.79 Å². The molecule has 0 bridgehead atoms. The van der Waals surface area contributed by atoms with Gasteiger partial charge in [-0.1, -0.05) is 29.3 Å². The molecule has 28 heavy (non-hydrogen) atoms. The van der Waals surface area contributed by atoms with E-state index in [1.165, 1.54) is 23.6 Å². The SMILES string of the molecule is Cc1c(S(=O)(=O)NCc2ccc(Cl)c(Cl)c2)c2cc(F)ccc2n1CC(=O)O. The second-order valence-corrected chi connectivity index (χ2v) is 8.65. The first-order valence-electron chi connectivity index (χ1n) is 8.04. The van der Waals surface area contributed by atoms with Gasteiger partial charge in [0, 0.05) is 17.6 Å². The van der Waals surface area contributed by atoms with E-state index in [9.17, 15) is 17.6 Å². The van der Waals surface area contributed by atoms with Crippen LogP contribution >= 0.6 is 23.2 Å². The Kier molecular flexibility index (Phi) is 5.67. The number of sulfonamides is 1. The highest BCUT2D eigenvalue weighted by atomic mass is 35.5. The summed E-state index contributed by atoms with van der Waals surface area (Å²) in [5.41, 5.74) is 1.09. The maximum atomic E-state index is 13.8. The molecule has 0 radical (unpaired) electrons. The molecular formula is C18H15Cl2FN2O4S. The van der Waals surface area contributed by atoms with Crippen LogP contribution in [0, 0.1) is 12.7 Å². The molecular weight excluding hydrogens is 430 g/mol. The highest BCUT2D eigenvalue weighted by Gasteiger charge is 2.26. The third kappa shape index (κ3) is 4.00. The predicted octanol–water partition coefficient (Wildman–Crippen LogP) is 3.96. The van der Waals surface area contributed by atoms with Crippen molar-refractivity contribution in [2.45, 2.75) is 24.9 Å². The highest BCUT2D eigenvalue weighted by molar-refractivity contribution is 7.89. The van der Waals surface area contributed by atoms with Crippen molar-refractivity contribution in [2.24, 2.45) is 0 Å². The molecule has 0 unspecified atom stereocenters. The maximum Gasteiger partial charge on any atom is 0.323 e. The number of hydrogen-bond acceptors (Lipinski definition) is 3.